The third kappa shape index (κ3) is 3.88. The van der Waals surface area contributed by atoms with E-state index in [-0.39, 0.29) is 0 Å². The minimum Gasteiger partial charge on any atom is -0.381 e. The number of nitrogens with two attached hydrogens (primary N) is 1. The summed E-state index contributed by atoms with van der Waals surface area (Å²) in [6.45, 7) is 2.42. The molecule has 0 aromatic heterocycles. The van der Waals surface area contributed by atoms with Crippen molar-refractivity contribution >= 4 is 23.4 Å². The minimum atomic E-state index is 0.640. The summed E-state index contributed by atoms with van der Waals surface area (Å²) in [5, 5.41) is 1.49. The molecular formula is C13H18ClNOS. The summed E-state index contributed by atoms with van der Waals surface area (Å²) >= 11 is 8.17. The Morgan fingerprint density at radius 3 is 2.76 bits per heavy atom. The maximum Gasteiger partial charge on any atom is 0.0544 e. The number of hydrogen-bond donors (Lipinski definition) is 1. The quantitative estimate of drug-likeness (QED) is 0.914. The highest BCUT2D eigenvalue weighted by atomic mass is 35.5. The van der Waals surface area contributed by atoms with Gasteiger partial charge < -0.3 is 10.5 Å². The summed E-state index contributed by atoms with van der Waals surface area (Å²) in [5.74, 6) is 0. The molecule has 2 rings (SSSR count). The van der Waals surface area contributed by atoms with Gasteiger partial charge in [0.1, 0.15) is 0 Å². The molecule has 0 unspecified atom stereocenters. The Kier molecular flexibility index (Phi) is 5.16. The first-order valence-corrected chi connectivity index (χ1v) is 7.28. The highest BCUT2D eigenvalue weighted by molar-refractivity contribution is 8.00. The monoisotopic (exact) mass is 271 g/mol. The molecule has 0 bridgehead atoms. The molecule has 1 aliphatic rings. The van der Waals surface area contributed by atoms with Crippen molar-refractivity contribution in [2.75, 3.05) is 19.8 Å². The molecule has 1 fully saturated rings. The molecule has 0 atom stereocenters. The molecule has 0 saturated carbocycles. The molecule has 0 radical (unpaired) electrons. The number of hydrogen-bond acceptors (Lipinski definition) is 3. The molecule has 0 amide bonds. The molecule has 2 nitrogen and oxygen atoms in total. The van der Waals surface area contributed by atoms with Crippen molar-refractivity contribution < 1.29 is 4.74 Å². The smallest absolute Gasteiger partial charge is 0.0544 e. The van der Waals surface area contributed by atoms with Crippen LogP contribution in [0.25, 0.3) is 0 Å². The van der Waals surface area contributed by atoms with E-state index in [1.807, 2.05) is 17.8 Å². The summed E-state index contributed by atoms with van der Waals surface area (Å²) in [6, 6.07) is 6.28. The Morgan fingerprint density at radius 2 is 2.12 bits per heavy atom. The first kappa shape index (κ1) is 13.2. The van der Waals surface area contributed by atoms with E-state index >= 15 is 0 Å². The Hall–Kier alpha value is -0.220. The largest absolute Gasteiger partial charge is 0.381 e. The summed E-state index contributed by atoms with van der Waals surface area (Å²) < 4.78 is 5.36. The Labute approximate surface area is 112 Å². The van der Waals surface area contributed by atoms with Gasteiger partial charge in [-0.2, -0.15) is 0 Å². The Balaban J connectivity index is 2.00. The van der Waals surface area contributed by atoms with E-state index in [1.54, 1.807) is 0 Å². The van der Waals surface area contributed by atoms with Crippen LogP contribution in [0.3, 0.4) is 0 Å². The number of benzene rings is 1. The van der Waals surface area contributed by atoms with Crippen LogP contribution in [0, 0.1) is 0 Å². The third-order valence-electron chi connectivity index (χ3n) is 2.89. The van der Waals surface area contributed by atoms with Crippen molar-refractivity contribution in [3.63, 3.8) is 0 Å². The van der Waals surface area contributed by atoms with Gasteiger partial charge in [0, 0.05) is 23.4 Å². The zero-order chi connectivity index (χ0) is 12.1. The maximum atomic E-state index is 6.29. The highest BCUT2D eigenvalue weighted by Gasteiger charge is 2.16. The van der Waals surface area contributed by atoms with E-state index in [0.717, 1.165) is 37.5 Å². The van der Waals surface area contributed by atoms with Crippen LogP contribution in [0.4, 0.5) is 0 Å². The lowest BCUT2D eigenvalue weighted by Gasteiger charge is -2.22. The number of halogens is 1. The van der Waals surface area contributed by atoms with Gasteiger partial charge in [-0.1, -0.05) is 17.7 Å². The predicted octanol–water partition coefficient (Wildman–Crippen LogP) is 3.11. The van der Waals surface area contributed by atoms with Gasteiger partial charge in [-0.3, -0.25) is 0 Å². The number of rotatable bonds is 4. The third-order valence-corrected chi connectivity index (χ3v) is 4.73. The summed E-state index contributed by atoms with van der Waals surface area (Å²) in [4.78, 5) is 1.18. The maximum absolute atomic E-state index is 6.29. The highest BCUT2D eigenvalue weighted by Crippen LogP contribution is 2.34. The first-order chi connectivity index (χ1) is 8.29. The van der Waals surface area contributed by atoms with Gasteiger partial charge in [0.05, 0.1) is 5.02 Å². The van der Waals surface area contributed by atoms with Crippen LogP contribution in [0.5, 0.6) is 0 Å². The SMILES string of the molecule is NCCc1ccc(SC2CCOCC2)c(Cl)c1. The van der Waals surface area contributed by atoms with Crippen LogP contribution in [-0.4, -0.2) is 25.0 Å². The molecule has 4 heteroatoms. The predicted molar refractivity (Wildman–Crippen MR) is 73.9 cm³/mol. The van der Waals surface area contributed by atoms with E-state index < -0.39 is 0 Å². The second-order valence-electron chi connectivity index (χ2n) is 4.23. The average molecular weight is 272 g/mol. The molecule has 2 N–H and O–H groups in total. The van der Waals surface area contributed by atoms with Gasteiger partial charge in [0.25, 0.3) is 0 Å². The van der Waals surface area contributed by atoms with Crippen molar-refractivity contribution in [3.8, 4) is 0 Å². The van der Waals surface area contributed by atoms with Gasteiger partial charge >= 0.3 is 0 Å². The average Bonchev–Trinajstić information content (AvgIpc) is 2.34. The second-order valence-corrected chi connectivity index (χ2v) is 5.98. The molecule has 1 aliphatic heterocycles. The summed E-state index contributed by atoms with van der Waals surface area (Å²) in [5.41, 5.74) is 6.75. The molecule has 1 heterocycles. The van der Waals surface area contributed by atoms with Crippen LogP contribution >= 0.6 is 23.4 Å². The zero-order valence-electron chi connectivity index (χ0n) is 9.82. The fraction of sp³-hybridized carbons (Fsp3) is 0.538. The molecule has 1 aromatic rings. The number of thioether (sulfide) groups is 1. The normalized spacial score (nSPS) is 17.3. The standard InChI is InChI=1S/C13H18ClNOS/c14-12-9-10(3-6-15)1-2-13(12)17-11-4-7-16-8-5-11/h1-2,9,11H,3-8,15H2. The topological polar surface area (TPSA) is 35.2 Å². The molecule has 17 heavy (non-hydrogen) atoms. The van der Waals surface area contributed by atoms with E-state index in [4.69, 9.17) is 22.1 Å². The van der Waals surface area contributed by atoms with Gasteiger partial charge in [-0.15, -0.1) is 11.8 Å². The van der Waals surface area contributed by atoms with Gasteiger partial charge in [0.2, 0.25) is 0 Å². The van der Waals surface area contributed by atoms with Crippen molar-refractivity contribution in [3.05, 3.63) is 28.8 Å². The van der Waals surface area contributed by atoms with Gasteiger partial charge in [-0.05, 0) is 43.5 Å². The first-order valence-electron chi connectivity index (χ1n) is 6.02. The van der Waals surface area contributed by atoms with Crippen molar-refractivity contribution in [1.82, 2.24) is 0 Å². The number of ether oxygens (including phenoxy) is 1. The van der Waals surface area contributed by atoms with E-state index in [9.17, 15) is 0 Å². The molecule has 1 aromatic carbocycles. The Bertz CT molecular complexity index is 366. The molecule has 0 spiro atoms. The molecule has 1 saturated heterocycles. The summed E-state index contributed by atoms with van der Waals surface area (Å²) in [7, 11) is 0. The van der Waals surface area contributed by atoms with E-state index in [0.29, 0.717) is 11.8 Å². The fourth-order valence-electron chi connectivity index (χ4n) is 1.94. The lowest BCUT2D eigenvalue weighted by molar-refractivity contribution is 0.100. The van der Waals surface area contributed by atoms with Crippen LogP contribution in [-0.2, 0) is 11.2 Å². The van der Waals surface area contributed by atoms with Crippen molar-refractivity contribution in [2.45, 2.75) is 29.4 Å². The Morgan fingerprint density at radius 1 is 1.35 bits per heavy atom. The van der Waals surface area contributed by atoms with Gasteiger partial charge in [0.15, 0.2) is 0 Å². The molecule has 94 valence electrons. The lowest BCUT2D eigenvalue weighted by atomic mass is 10.1. The summed E-state index contributed by atoms with van der Waals surface area (Å²) in [6.07, 6.45) is 3.12. The molecule has 0 aliphatic carbocycles. The van der Waals surface area contributed by atoms with Crippen LogP contribution in [0.1, 0.15) is 18.4 Å². The minimum absolute atomic E-state index is 0.640. The second kappa shape index (κ2) is 6.64. The van der Waals surface area contributed by atoms with Crippen LogP contribution in [0.2, 0.25) is 5.02 Å². The lowest BCUT2D eigenvalue weighted by Crippen LogP contribution is -2.17. The van der Waals surface area contributed by atoms with Crippen molar-refractivity contribution in [1.29, 1.82) is 0 Å². The van der Waals surface area contributed by atoms with Crippen LogP contribution in [0.15, 0.2) is 23.1 Å². The van der Waals surface area contributed by atoms with E-state index in [2.05, 4.69) is 12.1 Å². The zero-order valence-corrected chi connectivity index (χ0v) is 11.4. The van der Waals surface area contributed by atoms with Crippen molar-refractivity contribution in [2.24, 2.45) is 5.73 Å². The van der Waals surface area contributed by atoms with Crippen LogP contribution < -0.4 is 5.73 Å². The van der Waals surface area contributed by atoms with Gasteiger partial charge in [-0.25, -0.2) is 0 Å². The van der Waals surface area contributed by atoms with E-state index in [1.165, 1.54) is 10.5 Å². The molecular weight excluding hydrogens is 254 g/mol. The fourth-order valence-corrected chi connectivity index (χ4v) is 3.38.